The van der Waals surface area contributed by atoms with Gasteiger partial charge >= 0.3 is 0 Å². The van der Waals surface area contributed by atoms with E-state index in [9.17, 15) is 26.7 Å². The van der Waals surface area contributed by atoms with Crippen LogP contribution in [-0.2, 0) is 0 Å². The van der Waals surface area contributed by atoms with Gasteiger partial charge in [-0.25, -0.2) is 22.0 Å². The van der Waals surface area contributed by atoms with Crippen LogP contribution >= 0.6 is 0 Å². The van der Waals surface area contributed by atoms with Gasteiger partial charge in [0, 0.05) is 6.07 Å². The topological polar surface area (TPSA) is 38.3 Å². The molecule has 0 saturated carbocycles. The quantitative estimate of drug-likeness (QED) is 0.519. The summed E-state index contributed by atoms with van der Waals surface area (Å²) < 4.78 is 70.1. The first-order valence-corrected chi connectivity index (χ1v) is 6.39. The van der Waals surface area contributed by atoms with Crippen LogP contribution in [0.3, 0.4) is 0 Å². The highest BCUT2D eigenvalue weighted by molar-refractivity contribution is 5.94. The molecule has 1 amide bonds. The van der Waals surface area contributed by atoms with Crippen LogP contribution in [0.2, 0.25) is 0 Å². The normalized spacial score (nSPS) is 10.5. The fourth-order valence-electron chi connectivity index (χ4n) is 1.71. The van der Waals surface area contributed by atoms with Crippen molar-refractivity contribution in [2.75, 3.05) is 13.2 Å². The van der Waals surface area contributed by atoms with Gasteiger partial charge in [-0.05, 0) is 24.3 Å². The van der Waals surface area contributed by atoms with Crippen LogP contribution in [0.15, 0.2) is 30.3 Å². The van der Waals surface area contributed by atoms with Crippen molar-refractivity contribution in [3.05, 3.63) is 65.0 Å². The first-order chi connectivity index (χ1) is 10.9. The molecule has 0 spiro atoms. The molecule has 2 aromatic carbocycles. The number of hydrogen-bond donors (Lipinski definition) is 1. The van der Waals surface area contributed by atoms with Gasteiger partial charge in [-0.15, -0.1) is 0 Å². The van der Waals surface area contributed by atoms with Crippen LogP contribution in [0.25, 0.3) is 0 Å². The predicted octanol–water partition coefficient (Wildman–Crippen LogP) is 3.19. The average molecular weight is 331 g/mol. The van der Waals surface area contributed by atoms with E-state index in [1.807, 2.05) is 0 Å². The van der Waals surface area contributed by atoms with Crippen molar-refractivity contribution in [3.63, 3.8) is 0 Å². The number of rotatable bonds is 5. The Kier molecular flexibility index (Phi) is 5.15. The molecule has 0 aliphatic rings. The summed E-state index contributed by atoms with van der Waals surface area (Å²) in [6.45, 7) is -0.353. The highest BCUT2D eigenvalue weighted by Gasteiger charge is 2.18. The molecule has 3 nitrogen and oxygen atoms in total. The summed E-state index contributed by atoms with van der Waals surface area (Å²) in [5.74, 6) is -7.64. The van der Waals surface area contributed by atoms with Crippen LogP contribution in [-0.4, -0.2) is 19.1 Å². The number of hydrogen-bond acceptors (Lipinski definition) is 2. The maximum Gasteiger partial charge on any atom is 0.254 e. The zero-order valence-corrected chi connectivity index (χ0v) is 11.5. The molecule has 0 unspecified atom stereocenters. The third-order valence-electron chi connectivity index (χ3n) is 2.82. The molecule has 0 atom stereocenters. The van der Waals surface area contributed by atoms with Gasteiger partial charge in [-0.1, -0.05) is 0 Å². The van der Waals surface area contributed by atoms with Crippen LogP contribution in [0.1, 0.15) is 10.4 Å². The second kappa shape index (κ2) is 7.08. The second-order valence-electron chi connectivity index (χ2n) is 4.40. The van der Waals surface area contributed by atoms with E-state index in [-0.39, 0.29) is 18.9 Å². The lowest BCUT2D eigenvalue weighted by atomic mass is 10.2. The summed E-state index contributed by atoms with van der Waals surface area (Å²) in [4.78, 5) is 11.6. The Morgan fingerprint density at radius 1 is 0.957 bits per heavy atom. The van der Waals surface area contributed by atoms with E-state index >= 15 is 0 Å². The lowest BCUT2D eigenvalue weighted by molar-refractivity contribution is 0.0941. The largest absolute Gasteiger partial charge is 0.489 e. The van der Waals surface area contributed by atoms with E-state index in [0.717, 1.165) is 18.2 Å². The Balaban J connectivity index is 1.89. The first kappa shape index (κ1) is 16.7. The van der Waals surface area contributed by atoms with E-state index in [1.54, 1.807) is 0 Å². The minimum absolute atomic E-state index is 0.159. The number of benzene rings is 2. The Morgan fingerprint density at radius 3 is 2.39 bits per heavy atom. The maximum absolute atomic E-state index is 13.4. The van der Waals surface area contributed by atoms with Crippen molar-refractivity contribution in [2.45, 2.75) is 0 Å². The Morgan fingerprint density at radius 2 is 1.70 bits per heavy atom. The summed E-state index contributed by atoms with van der Waals surface area (Å²) in [6, 6.07) is 4.11. The van der Waals surface area contributed by atoms with E-state index in [4.69, 9.17) is 4.74 Å². The molecule has 0 fully saturated rings. The highest BCUT2D eigenvalue weighted by atomic mass is 19.2. The van der Waals surface area contributed by atoms with Crippen molar-refractivity contribution < 1.29 is 31.5 Å². The molecule has 2 aromatic rings. The Labute approximate surface area is 127 Å². The minimum atomic E-state index is -1.75. The number of nitrogens with one attached hydrogen (secondary N) is 1. The fourth-order valence-corrected chi connectivity index (χ4v) is 1.71. The standard InChI is InChI=1S/C15H10F5NO2/c16-8-1-4-12(11(18)7-8)23-6-5-21-15(22)9-2-3-10(17)14(20)13(9)19/h1-4,7H,5-6H2,(H,21,22). The van der Waals surface area contributed by atoms with Gasteiger partial charge in [0.25, 0.3) is 5.91 Å². The Hall–Kier alpha value is -2.64. The summed E-state index contributed by atoms with van der Waals surface area (Å²) >= 11 is 0. The number of amides is 1. The molecular weight excluding hydrogens is 321 g/mol. The Bertz CT molecular complexity index is 736. The van der Waals surface area contributed by atoms with Crippen LogP contribution in [0.5, 0.6) is 5.75 Å². The SMILES string of the molecule is O=C(NCCOc1ccc(F)cc1F)c1ccc(F)c(F)c1F. The zero-order valence-electron chi connectivity index (χ0n) is 11.5. The van der Waals surface area contributed by atoms with E-state index in [2.05, 4.69) is 5.32 Å². The zero-order chi connectivity index (χ0) is 17.0. The van der Waals surface area contributed by atoms with Crippen LogP contribution in [0.4, 0.5) is 22.0 Å². The molecule has 0 aliphatic heterocycles. The molecule has 2 rings (SSSR count). The predicted molar refractivity (Wildman–Crippen MR) is 70.5 cm³/mol. The van der Waals surface area contributed by atoms with Gasteiger partial charge in [0.15, 0.2) is 29.0 Å². The molecule has 0 aromatic heterocycles. The number of ether oxygens (including phenoxy) is 1. The van der Waals surface area contributed by atoms with Gasteiger partial charge in [-0.2, -0.15) is 0 Å². The van der Waals surface area contributed by atoms with Gasteiger partial charge < -0.3 is 10.1 Å². The van der Waals surface area contributed by atoms with Crippen molar-refractivity contribution >= 4 is 5.91 Å². The van der Waals surface area contributed by atoms with Gasteiger partial charge in [0.05, 0.1) is 12.1 Å². The lowest BCUT2D eigenvalue weighted by Crippen LogP contribution is -2.29. The third-order valence-corrected chi connectivity index (χ3v) is 2.82. The summed E-state index contributed by atoms with van der Waals surface area (Å²) in [5, 5.41) is 2.20. The average Bonchev–Trinajstić information content (AvgIpc) is 2.51. The monoisotopic (exact) mass is 331 g/mol. The molecule has 0 aliphatic carbocycles. The van der Waals surface area contributed by atoms with Gasteiger partial charge in [0.2, 0.25) is 0 Å². The van der Waals surface area contributed by atoms with Gasteiger partial charge in [-0.3, -0.25) is 4.79 Å². The molecule has 8 heteroatoms. The van der Waals surface area contributed by atoms with Crippen molar-refractivity contribution in [1.82, 2.24) is 5.32 Å². The minimum Gasteiger partial charge on any atom is -0.489 e. The molecule has 0 radical (unpaired) electrons. The smallest absolute Gasteiger partial charge is 0.254 e. The van der Waals surface area contributed by atoms with Crippen molar-refractivity contribution in [1.29, 1.82) is 0 Å². The molecule has 0 heterocycles. The molecule has 1 N–H and O–H groups in total. The fraction of sp³-hybridized carbons (Fsp3) is 0.133. The number of carbonyl (C=O) groups is 1. The summed E-state index contributed by atoms with van der Waals surface area (Å²) in [5.41, 5.74) is -0.670. The molecule has 0 saturated heterocycles. The number of halogens is 5. The lowest BCUT2D eigenvalue weighted by Gasteiger charge is -2.09. The third kappa shape index (κ3) is 3.97. The van der Waals surface area contributed by atoms with Crippen molar-refractivity contribution in [2.24, 2.45) is 0 Å². The summed E-state index contributed by atoms with van der Waals surface area (Å²) in [6.07, 6.45) is 0. The van der Waals surface area contributed by atoms with Gasteiger partial charge in [0.1, 0.15) is 12.4 Å². The highest BCUT2D eigenvalue weighted by Crippen LogP contribution is 2.17. The molecule has 122 valence electrons. The first-order valence-electron chi connectivity index (χ1n) is 6.39. The van der Waals surface area contributed by atoms with Crippen molar-refractivity contribution in [3.8, 4) is 5.75 Å². The second-order valence-corrected chi connectivity index (χ2v) is 4.40. The van der Waals surface area contributed by atoms with Crippen LogP contribution in [0, 0.1) is 29.1 Å². The molecule has 23 heavy (non-hydrogen) atoms. The van der Waals surface area contributed by atoms with E-state index in [1.165, 1.54) is 0 Å². The van der Waals surface area contributed by atoms with E-state index < -0.39 is 40.6 Å². The number of carbonyl (C=O) groups excluding carboxylic acids is 1. The van der Waals surface area contributed by atoms with E-state index in [0.29, 0.717) is 12.1 Å². The van der Waals surface area contributed by atoms with Crippen LogP contribution < -0.4 is 10.1 Å². The maximum atomic E-state index is 13.4. The molecule has 0 bridgehead atoms. The molecular formula is C15H10F5NO2. The summed E-state index contributed by atoms with van der Waals surface area (Å²) in [7, 11) is 0.